The number of carbonyl (C=O) groups excluding carboxylic acids is 1. The SMILES string of the molecule is C=Cc1ccc(N2CCN[C@@H](c3ccccc3)C2)nc1C(=O)c1cccnc1. The van der Waals surface area contributed by atoms with Gasteiger partial charge in [-0.15, -0.1) is 0 Å². The molecule has 1 fully saturated rings. The molecule has 0 saturated carbocycles. The van der Waals surface area contributed by atoms with E-state index in [1.807, 2.05) is 18.2 Å². The van der Waals surface area contributed by atoms with Crippen LogP contribution in [0.5, 0.6) is 0 Å². The molecule has 5 nitrogen and oxygen atoms in total. The molecule has 0 unspecified atom stereocenters. The Morgan fingerprint density at radius 3 is 2.75 bits per heavy atom. The van der Waals surface area contributed by atoms with E-state index in [0.717, 1.165) is 31.0 Å². The maximum absolute atomic E-state index is 13.0. The Morgan fingerprint density at radius 2 is 2.00 bits per heavy atom. The molecule has 1 aromatic carbocycles. The van der Waals surface area contributed by atoms with E-state index < -0.39 is 0 Å². The molecule has 0 amide bonds. The highest BCUT2D eigenvalue weighted by Crippen LogP contribution is 2.23. The number of piperazine rings is 1. The molecular formula is C23H22N4O. The van der Waals surface area contributed by atoms with Gasteiger partial charge in [0.1, 0.15) is 11.5 Å². The topological polar surface area (TPSA) is 58.1 Å². The molecule has 1 aliphatic heterocycles. The van der Waals surface area contributed by atoms with Gasteiger partial charge in [0.25, 0.3) is 0 Å². The Labute approximate surface area is 164 Å². The minimum Gasteiger partial charge on any atom is -0.353 e. The number of carbonyl (C=O) groups is 1. The highest BCUT2D eigenvalue weighted by atomic mass is 16.1. The van der Waals surface area contributed by atoms with Crippen molar-refractivity contribution in [1.29, 1.82) is 0 Å². The lowest BCUT2D eigenvalue weighted by molar-refractivity contribution is 0.103. The summed E-state index contributed by atoms with van der Waals surface area (Å²) in [4.78, 5) is 24.0. The highest BCUT2D eigenvalue weighted by Gasteiger charge is 2.23. The largest absolute Gasteiger partial charge is 0.353 e. The van der Waals surface area contributed by atoms with Gasteiger partial charge in [0.2, 0.25) is 5.78 Å². The van der Waals surface area contributed by atoms with Crippen LogP contribution in [0.25, 0.3) is 6.08 Å². The van der Waals surface area contributed by atoms with Crippen molar-refractivity contribution in [3.63, 3.8) is 0 Å². The molecule has 140 valence electrons. The van der Waals surface area contributed by atoms with E-state index >= 15 is 0 Å². The quantitative estimate of drug-likeness (QED) is 0.697. The number of anilines is 1. The third kappa shape index (κ3) is 3.70. The predicted octanol–water partition coefficient (Wildman–Crippen LogP) is 3.50. The molecule has 3 aromatic rings. The van der Waals surface area contributed by atoms with Crippen LogP contribution in [0.2, 0.25) is 0 Å². The summed E-state index contributed by atoms with van der Waals surface area (Å²) < 4.78 is 0. The minimum atomic E-state index is -0.139. The van der Waals surface area contributed by atoms with Gasteiger partial charge in [-0.25, -0.2) is 4.98 Å². The van der Waals surface area contributed by atoms with Crippen LogP contribution in [0.3, 0.4) is 0 Å². The van der Waals surface area contributed by atoms with Gasteiger partial charge in [-0.2, -0.15) is 0 Å². The summed E-state index contributed by atoms with van der Waals surface area (Å²) in [5, 5.41) is 3.56. The predicted molar refractivity (Wildman–Crippen MR) is 111 cm³/mol. The van der Waals surface area contributed by atoms with Crippen molar-refractivity contribution in [1.82, 2.24) is 15.3 Å². The van der Waals surface area contributed by atoms with E-state index in [1.54, 1.807) is 30.6 Å². The molecule has 0 spiro atoms. The first kappa shape index (κ1) is 18.1. The second-order valence-electron chi connectivity index (χ2n) is 6.75. The van der Waals surface area contributed by atoms with Crippen molar-refractivity contribution < 1.29 is 4.79 Å². The van der Waals surface area contributed by atoms with E-state index in [9.17, 15) is 4.79 Å². The van der Waals surface area contributed by atoms with Crippen molar-refractivity contribution in [2.45, 2.75) is 6.04 Å². The molecule has 0 aliphatic carbocycles. The van der Waals surface area contributed by atoms with Gasteiger partial charge >= 0.3 is 0 Å². The molecule has 5 heteroatoms. The summed E-state index contributed by atoms with van der Waals surface area (Å²) in [6.07, 6.45) is 4.89. The van der Waals surface area contributed by atoms with Crippen molar-refractivity contribution >= 4 is 17.7 Å². The van der Waals surface area contributed by atoms with Crippen LogP contribution < -0.4 is 10.2 Å². The Morgan fingerprint density at radius 1 is 1.14 bits per heavy atom. The highest BCUT2D eigenvalue weighted by molar-refractivity contribution is 6.09. The van der Waals surface area contributed by atoms with Crippen LogP contribution in [0.15, 0.2) is 73.6 Å². The Kier molecular flexibility index (Phi) is 5.26. The lowest BCUT2D eigenvalue weighted by Gasteiger charge is -2.35. The zero-order valence-electron chi connectivity index (χ0n) is 15.6. The molecule has 1 atom stereocenters. The number of hydrogen-bond acceptors (Lipinski definition) is 5. The van der Waals surface area contributed by atoms with Gasteiger partial charge in [0.05, 0.1) is 0 Å². The molecule has 28 heavy (non-hydrogen) atoms. The van der Waals surface area contributed by atoms with Gasteiger partial charge in [0.15, 0.2) is 0 Å². The average molecular weight is 370 g/mol. The first-order valence-electron chi connectivity index (χ1n) is 9.38. The fourth-order valence-electron chi connectivity index (χ4n) is 3.48. The Bertz CT molecular complexity index is 972. The lowest BCUT2D eigenvalue weighted by Crippen LogP contribution is -2.46. The number of aromatic nitrogens is 2. The third-order valence-corrected chi connectivity index (χ3v) is 4.97. The summed E-state index contributed by atoms with van der Waals surface area (Å²) in [7, 11) is 0. The van der Waals surface area contributed by atoms with Crippen LogP contribution in [-0.2, 0) is 0 Å². The molecular weight excluding hydrogens is 348 g/mol. The number of rotatable bonds is 5. The van der Waals surface area contributed by atoms with Crippen LogP contribution in [0, 0.1) is 0 Å². The lowest BCUT2D eigenvalue weighted by atomic mass is 10.0. The van der Waals surface area contributed by atoms with E-state index in [2.05, 4.69) is 46.0 Å². The molecule has 1 saturated heterocycles. The van der Waals surface area contributed by atoms with E-state index in [4.69, 9.17) is 4.98 Å². The standard InChI is InChI=1S/C23H22N4O/c1-2-17-10-11-21(26-22(17)23(28)19-9-6-12-24-15-19)27-14-13-25-20(16-27)18-7-4-3-5-8-18/h2-12,15,20,25H,1,13-14,16H2/t20-/m1/s1. The normalized spacial score (nSPS) is 16.6. The van der Waals surface area contributed by atoms with Crippen molar-refractivity contribution in [2.24, 2.45) is 0 Å². The number of ketones is 1. The smallest absolute Gasteiger partial charge is 0.213 e. The van der Waals surface area contributed by atoms with Crippen molar-refractivity contribution in [3.8, 4) is 0 Å². The fourth-order valence-corrected chi connectivity index (χ4v) is 3.48. The Balaban J connectivity index is 1.63. The monoisotopic (exact) mass is 370 g/mol. The van der Waals surface area contributed by atoms with E-state index in [0.29, 0.717) is 11.3 Å². The molecule has 1 N–H and O–H groups in total. The van der Waals surface area contributed by atoms with Gasteiger partial charge < -0.3 is 10.2 Å². The summed E-state index contributed by atoms with van der Waals surface area (Å²) >= 11 is 0. The third-order valence-electron chi connectivity index (χ3n) is 4.97. The van der Waals surface area contributed by atoms with E-state index in [-0.39, 0.29) is 11.8 Å². The first-order valence-corrected chi connectivity index (χ1v) is 9.38. The van der Waals surface area contributed by atoms with Crippen molar-refractivity contribution in [3.05, 3.63) is 96.0 Å². The summed E-state index contributed by atoms with van der Waals surface area (Å²) in [6.45, 7) is 6.32. The molecule has 0 radical (unpaired) electrons. The summed E-state index contributed by atoms with van der Waals surface area (Å²) in [5.74, 6) is 0.667. The molecule has 0 bridgehead atoms. The zero-order valence-corrected chi connectivity index (χ0v) is 15.6. The number of pyridine rings is 2. The molecule has 4 rings (SSSR count). The van der Waals surface area contributed by atoms with Crippen molar-refractivity contribution in [2.75, 3.05) is 24.5 Å². The van der Waals surface area contributed by atoms with Gasteiger partial charge in [-0.1, -0.05) is 43.0 Å². The van der Waals surface area contributed by atoms with Gasteiger partial charge in [-0.05, 0) is 29.8 Å². The number of benzene rings is 1. The van der Waals surface area contributed by atoms with Crippen LogP contribution in [0.1, 0.15) is 33.2 Å². The number of hydrogen-bond donors (Lipinski definition) is 1. The first-order chi connectivity index (χ1) is 13.8. The Hall–Kier alpha value is -3.31. The van der Waals surface area contributed by atoms with Crippen LogP contribution >= 0.6 is 0 Å². The second-order valence-corrected chi connectivity index (χ2v) is 6.75. The average Bonchev–Trinajstić information content (AvgIpc) is 2.79. The zero-order chi connectivity index (χ0) is 19.3. The van der Waals surface area contributed by atoms with E-state index in [1.165, 1.54) is 5.56 Å². The molecule has 2 aromatic heterocycles. The number of nitrogens with zero attached hydrogens (tertiary/aromatic N) is 3. The van der Waals surface area contributed by atoms with Crippen LogP contribution in [-0.4, -0.2) is 35.4 Å². The maximum Gasteiger partial charge on any atom is 0.213 e. The summed E-state index contributed by atoms with van der Waals surface area (Å²) in [6, 6.07) is 18.0. The fraction of sp³-hybridized carbons (Fsp3) is 0.174. The molecule has 1 aliphatic rings. The number of nitrogens with one attached hydrogen (secondary N) is 1. The van der Waals surface area contributed by atoms with Crippen LogP contribution in [0.4, 0.5) is 5.82 Å². The van der Waals surface area contributed by atoms with Gasteiger partial charge in [-0.3, -0.25) is 9.78 Å². The summed E-state index contributed by atoms with van der Waals surface area (Å²) in [5.41, 5.74) is 2.92. The molecule has 3 heterocycles. The maximum atomic E-state index is 13.0. The minimum absolute atomic E-state index is 0.139. The second kappa shape index (κ2) is 8.15. The van der Waals surface area contributed by atoms with Gasteiger partial charge in [0, 0.05) is 49.2 Å².